The van der Waals surface area contributed by atoms with Crippen LogP contribution in [-0.2, 0) is 16.8 Å². The van der Waals surface area contributed by atoms with Crippen molar-refractivity contribution < 1.29 is 14.0 Å². The number of nitrogens with one attached hydrogen (secondary N) is 1. The van der Waals surface area contributed by atoms with Crippen molar-refractivity contribution in [2.75, 3.05) is 11.4 Å². The van der Waals surface area contributed by atoms with Crippen LogP contribution in [-0.4, -0.2) is 18.4 Å². The zero-order valence-electron chi connectivity index (χ0n) is 15.6. The molecule has 1 N–H and O–H groups in total. The second-order valence-corrected chi connectivity index (χ2v) is 7.60. The van der Waals surface area contributed by atoms with Gasteiger partial charge in [0.15, 0.2) is 0 Å². The Morgan fingerprint density at radius 3 is 2.63 bits per heavy atom. The largest absolute Gasteiger partial charge is 0.343 e. The van der Waals surface area contributed by atoms with Crippen LogP contribution in [0, 0.1) is 5.82 Å². The average Bonchev–Trinajstić information content (AvgIpc) is 3.03. The molecule has 2 aromatic carbocycles. The van der Waals surface area contributed by atoms with Gasteiger partial charge in [-0.25, -0.2) is 4.39 Å². The van der Waals surface area contributed by atoms with E-state index in [1.54, 1.807) is 17.0 Å². The van der Waals surface area contributed by atoms with Gasteiger partial charge < -0.3 is 10.2 Å². The number of amides is 2. The summed E-state index contributed by atoms with van der Waals surface area (Å²) in [4.78, 5) is 26.5. The summed E-state index contributed by atoms with van der Waals surface area (Å²) in [6.07, 6.45) is 1.18. The van der Waals surface area contributed by atoms with Crippen LogP contribution in [0.3, 0.4) is 0 Å². The first kappa shape index (κ1) is 19.4. The number of carbonyl (C=O) groups is 2. The third kappa shape index (κ3) is 3.83. The van der Waals surface area contributed by atoms with Crippen molar-refractivity contribution in [2.24, 2.45) is 0 Å². The summed E-state index contributed by atoms with van der Waals surface area (Å²) in [6, 6.07) is 9.51. The third-order valence-corrected chi connectivity index (χ3v) is 5.18. The zero-order chi connectivity index (χ0) is 19.8. The Hall–Kier alpha value is -2.40. The van der Waals surface area contributed by atoms with Crippen LogP contribution in [0.2, 0.25) is 5.02 Å². The van der Waals surface area contributed by atoms with Crippen molar-refractivity contribution >= 4 is 29.1 Å². The summed E-state index contributed by atoms with van der Waals surface area (Å²) < 4.78 is 13.3. The standard InChI is InChI=1S/C21H22ClFN2O2/c1-4-19(26)25-10-9-13-11-14(5-8-18(13)25)20(27)24-21(2,3)16-7-6-15(23)12-17(16)22/h5-8,11-12H,4,9-10H2,1-3H3,(H,24,27). The van der Waals surface area contributed by atoms with Crippen molar-refractivity contribution in [3.63, 3.8) is 0 Å². The molecule has 0 radical (unpaired) electrons. The molecule has 0 saturated heterocycles. The van der Waals surface area contributed by atoms with Crippen LogP contribution in [0.25, 0.3) is 0 Å². The molecular weight excluding hydrogens is 367 g/mol. The molecular formula is C21H22ClFN2O2. The first-order valence-electron chi connectivity index (χ1n) is 8.94. The molecule has 6 heteroatoms. The van der Waals surface area contributed by atoms with E-state index in [1.807, 2.05) is 32.9 Å². The molecule has 27 heavy (non-hydrogen) atoms. The fourth-order valence-electron chi connectivity index (χ4n) is 3.41. The summed E-state index contributed by atoms with van der Waals surface area (Å²) in [5.41, 5.74) is 2.25. The van der Waals surface area contributed by atoms with Gasteiger partial charge in [-0.1, -0.05) is 24.6 Å². The van der Waals surface area contributed by atoms with Crippen LogP contribution in [0.15, 0.2) is 36.4 Å². The molecule has 4 nitrogen and oxygen atoms in total. The van der Waals surface area contributed by atoms with E-state index in [2.05, 4.69) is 5.32 Å². The molecule has 0 unspecified atom stereocenters. The van der Waals surface area contributed by atoms with Crippen molar-refractivity contribution in [3.8, 4) is 0 Å². The Morgan fingerprint density at radius 2 is 1.96 bits per heavy atom. The van der Waals surface area contributed by atoms with E-state index >= 15 is 0 Å². The maximum atomic E-state index is 13.3. The Morgan fingerprint density at radius 1 is 1.22 bits per heavy atom. The highest BCUT2D eigenvalue weighted by Crippen LogP contribution is 2.31. The lowest BCUT2D eigenvalue weighted by molar-refractivity contribution is -0.118. The minimum atomic E-state index is -0.773. The molecule has 0 saturated carbocycles. The van der Waals surface area contributed by atoms with E-state index in [-0.39, 0.29) is 16.8 Å². The maximum absolute atomic E-state index is 13.3. The van der Waals surface area contributed by atoms with Crippen LogP contribution >= 0.6 is 11.6 Å². The molecule has 0 aliphatic carbocycles. The summed E-state index contributed by atoms with van der Waals surface area (Å²) in [5.74, 6) is -0.586. The number of anilines is 1. The molecule has 0 bridgehead atoms. The monoisotopic (exact) mass is 388 g/mol. The first-order chi connectivity index (χ1) is 12.7. The first-order valence-corrected chi connectivity index (χ1v) is 9.32. The summed E-state index contributed by atoms with van der Waals surface area (Å²) in [7, 11) is 0. The predicted molar refractivity (Wildman–Crippen MR) is 105 cm³/mol. The lowest BCUT2D eigenvalue weighted by atomic mass is 9.93. The quantitative estimate of drug-likeness (QED) is 0.841. The molecule has 0 atom stereocenters. The van der Waals surface area contributed by atoms with E-state index in [0.717, 1.165) is 17.7 Å². The van der Waals surface area contributed by atoms with Crippen LogP contribution in [0.1, 0.15) is 48.7 Å². The highest BCUT2D eigenvalue weighted by atomic mass is 35.5. The van der Waals surface area contributed by atoms with Crippen molar-refractivity contribution in [1.29, 1.82) is 0 Å². The molecule has 0 aromatic heterocycles. The van der Waals surface area contributed by atoms with Gasteiger partial charge in [-0.2, -0.15) is 0 Å². The molecule has 2 amide bonds. The number of nitrogens with zero attached hydrogens (tertiary/aromatic N) is 1. The lowest BCUT2D eigenvalue weighted by Crippen LogP contribution is -2.41. The lowest BCUT2D eigenvalue weighted by Gasteiger charge is -2.28. The normalized spacial score (nSPS) is 13.4. The molecule has 142 valence electrons. The SMILES string of the molecule is CCC(=O)N1CCc2cc(C(=O)NC(C)(C)c3ccc(F)cc3Cl)ccc21. The van der Waals surface area contributed by atoms with Gasteiger partial charge >= 0.3 is 0 Å². The highest BCUT2D eigenvalue weighted by molar-refractivity contribution is 6.31. The molecule has 0 spiro atoms. The summed E-state index contributed by atoms with van der Waals surface area (Å²) >= 11 is 6.15. The fraction of sp³-hybridized carbons (Fsp3) is 0.333. The van der Waals surface area contributed by atoms with E-state index in [4.69, 9.17) is 11.6 Å². The number of hydrogen-bond acceptors (Lipinski definition) is 2. The van der Waals surface area contributed by atoms with Crippen molar-refractivity contribution in [3.05, 3.63) is 63.9 Å². The van der Waals surface area contributed by atoms with Gasteiger partial charge in [0, 0.05) is 29.2 Å². The van der Waals surface area contributed by atoms with Crippen molar-refractivity contribution in [1.82, 2.24) is 5.32 Å². The van der Waals surface area contributed by atoms with Gasteiger partial charge in [0.2, 0.25) is 5.91 Å². The number of hydrogen-bond donors (Lipinski definition) is 1. The number of fused-ring (bicyclic) bond motifs is 1. The number of carbonyl (C=O) groups excluding carboxylic acids is 2. The van der Waals surface area contributed by atoms with E-state index < -0.39 is 11.4 Å². The average molecular weight is 389 g/mol. The van der Waals surface area contributed by atoms with Gasteiger partial charge in [0.25, 0.3) is 5.91 Å². The summed E-state index contributed by atoms with van der Waals surface area (Å²) in [5, 5.41) is 3.23. The number of halogens is 2. The highest BCUT2D eigenvalue weighted by Gasteiger charge is 2.28. The minimum absolute atomic E-state index is 0.0815. The van der Waals surface area contributed by atoms with E-state index in [0.29, 0.717) is 24.1 Å². The van der Waals surface area contributed by atoms with Crippen LogP contribution in [0.4, 0.5) is 10.1 Å². The Bertz CT molecular complexity index is 911. The second kappa shape index (κ2) is 7.31. The van der Waals surface area contributed by atoms with Gasteiger partial charge in [-0.05, 0) is 61.7 Å². The Kier molecular flexibility index (Phi) is 5.24. The molecule has 1 aliphatic rings. The van der Waals surface area contributed by atoms with Gasteiger partial charge in [-0.15, -0.1) is 0 Å². The fourth-order valence-corrected chi connectivity index (χ4v) is 3.82. The smallest absolute Gasteiger partial charge is 0.251 e. The Labute approximate surface area is 163 Å². The molecule has 3 rings (SSSR count). The number of benzene rings is 2. The van der Waals surface area contributed by atoms with Crippen LogP contribution in [0.5, 0.6) is 0 Å². The molecule has 1 heterocycles. The molecule has 0 fully saturated rings. The van der Waals surface area contributed by atoms with Crippen molar-refractivity contribution in [2.45, 2.75) is 39.2 Å². The van der Waals surface area contributed by atoms with Crippen LogP contribution < -0.4 is 10.2 Å². The maximum Gasteiger partial charge on any atom is 0.251 e. The number of rotatable bonds is 4. The third-order valence-electron chi connectivity index (χ3n) is 4.87. The van der Waals surface area contributed by atoms with Gasteiger partial charge in [-0.3, -0.25) is 9.59 Å². The Balaban J connectivity index is 1.82. The topological polar surface area (TPSA) is 49.4 Å². The van der Waals surface area contributed by atoms with E-state index in [9.17, 15) is 14.0 Å². The minimum Gasteiger partial charge on any atom is -0.343 e. The summed E-state index contributed by atoms with van der Waals surface area (Å²) in [6.45, 7) is 6.12. The molecule has 2 aromatic rings. The van der Waals surface area contributed by atoms with Gasteiger partial charge in [0.1, 0.15) is 5.82 Å². The zero-order valence-corrected chi connectivity index (χ0v) is 16.4. The molecule has 1 aliphatic heterocycles. The predicted octanol–water partition coefficient (Wildman–Crippen LogP) is 4.44. The second-order valence-electron chi connectivity index (χ2n) is 7.20. The van der Waals surface area contributed by atoms with Gasteiger partial charge in [0.05, 0.1) is 5.54 Å². The van der Waals surface area contributed by atoms with E-state index in [1.165, 1.54) is 12.1 Å².